The van der Waals surface area contributed by atoms with E-state index in [2.05, 4.69) is 20.2 Å². The number of rotatable bonds is 3. The third-order valence-corrected chi connectivity index (χ3v) is 3.88. The lowest BCUT2D eigenvalue weighted by molar-refractivity contribution is 0.0759. The predicted molar refractivity (Wildman–Crippen MR) is 74.7 cm³/mol. The molecule has 21 heavy (non-hydrogen) atoms. The minimum atomic E-state index is -0.586. The third-order valence-electron chi connectivity index (χ3n) is 3.59. The van der Waals surface area contributed by atoms with Crippen LogP contribution >= 0.6 is 11.6 Å². The fourth-order valence-electron chi connectivity index (χ4n) is 2.50. The topological polar surface area (TPSA) is 95.0 Å². The number of carbonyl (C=O) groups excluding carboxylic acids is 1. The number of aliphatic hydroxyl groups excluding tert-OH is 1. The highest BCUT2D eigenvalue weighted by Gasteiger charge is 2.35. The van der Waals surface area contributed by atoms with Crippen LogP contribution < -0.4 is 0 Å². The van der Waals surface area contributed by atoms with E-state index in [9.17, 15) is 9.90 Å². The number of aromatic amines is 1. The molecule has 1 fully saturated rings. The zero-order chi connectivity index (χ0) is 14.8. The van der Waals surface area contributed by atoms with Crippen LogP contribution in [0.5, 0.6) is 0 Å². The van der Waals surface area contributed by atoms with Gasteiger partial charge >= 0.3 is 0 Å². The summed E-state index contributed by atoms with van der Waals surface area (Å²) in [5.74, 6) is -0.314. The highest BCUT2D eigenvalue weighted by molar-refractivity contribution is 6.33. The molecular weight excluding hydrogens is 294 g/mol. The van der Waals surface area contributed by atoms with Gasteiger partial charge < -0.3 is 10.0 Å². The van der Waals surface area contributed by atoms with Gasteiger partial charge in [0.05, 0.1) is 23.0 Å². The van der Waals surface area contributed by atoms with Crippen LogP contribution in [0.15, 0.2) is 24.8 Å². The number of H-pyrrole nitrogens is 1. The van der Waals surface area contributed by atoms with E-state index in [-0.39, 0.29) is 29.1 Å². The van der Waals surface area contributed by atoms with Gasteiger partial charge in [0.1, 0.15) is 5.69 Å². The van der Waals surface area contributed by atoms with Crippen molar-refractivity contribution in [3.05, 3.63) is 41.2 Å². The maximum atomic E-state index is 12.3. The second-order valence-electron chi connectivity index (χ2n) is 5.03. The zero-order valence-electron chi connectivity index (χ0n) is 11.1. The monoisotopic (exact) mass is 307 g/mol. The number of hydrogen-bond donors (Lipinski definition) is 2. The van der Waals surface area contributed by atoms with Crippen LogP contribution in [-0.2, 0) is 6.42 Å². The van der Waals surface area contributed by atoms with E-state index in [4.69, 9.17) is 11.6 Å². The number of nitrogens with one attached hydrogen (secondary N) is 1. The first kappa shape index (κ1) is 14.0. The van der Waals surface area contributed by atoms with Gasteiger partial charge in [-0.3, -0.25) is 19.9 Å². The van der Waals surface area contributed by atoms with Crippen molar-refractivity contribution in [3.63, 3.8) is 0 Å². The van der Waals surface area contributed by atoms with Crippen molar-refractivity contribution >= 4 is 17.5 Å². The minimum Gasteiger partial charge on any atom is -0.391 e. The Balaban J connectivity index is 1.69. The number of amides is 1. The van der Waals surface area contributed by atoms with Crippen molar-refractivity contribution in [2.75, 3.05) is 13.1 Å². The molecule has 0 saturated carbocycles. The molecule has 1 aliphatic heterocycles. The Labute approximate surface area is 126 Å². The van der Waals surface area contributed by atoms with E-state index in [0.717, 1.165) is 5.69 Å². The average Bonchev–Trinajstić information content (AvgIpc) is 3.06. The summed E-state index contributed by atoms with van der Waals surface area (Å²) in [7, 11) is 0. The Kier molecular flexibility index (Phi) is 3.85. The van der Waals surface area contributed by atoms with E-state index in [1.165, 1.54) is 6.20 Å². The Morgan fingerprint density at radius 3 is 2.95 bits per heavy atom. The summed E-state index contributed by atoms with van der Waals surface area (Å²) >= 11 is 5.89. The first-order valence-electron chi connectivity index (χ1n) is 6.56. The normalized spacial score (nSPS) is 21.7. The molecule has 0 aromatic carbocycles. The van der Waals surface area contributed by atoms with Gasteiger partial charge in [0.25, 0.3) is 5.91 Å². The number of carbonyl (C=O) groups is 1. The fourth-order valence-corrected chi connectivity index (χ4v) is 2.68. The van der Waals surface area contributed by atoms with E-state index < -0.39 is 6.10 Å². The fraction of sp³-hybridized carbons (Fsp3) is 0.385. The van der Waals surface area contributed by atoms with Crippen LogP contribution in [0, 0.1) is 5.92 Å². The van der Waals surface area contributed by atoms with Crippen molar-refractivity contribution in [1.82, 2.24) is 25.1 Å². The molecule has 2 aromatic rings. The largest absolute Gasteiger partial charge is 0.391 e. The van der Waals surface area contributed by atoms with E-state index in [1.54, 1.807) is 23.5 Å². The highest BCUT2D eigenvalue weighted by atomic mass is 35.5. The van der Waals surface area contributed by atoms with Crippen molar-refractivity contribution in [3.8, 4) is 0 Å². The molecule has 1 aliphatic rings. The Hall–Kier alpha value is -1.99. The molecule has 0 bridgehead atoms. The van der Waals surface area contributed by atoms with Crippen LogP contribution in [0.25, 0.3) is 0 Å². The Morgan fingerprint density at radius 1 is 1.43 bits per heavy atom. The lowest BCUT2D eigenvalue weighted by Gasteiger charge is -2.15. The molecule has 2 aromatic heterocycles. The highest BCUT2D eigenvalue weighted by Crippen LogP contribution is 2.23. The second kappa shape index (κ2) is 5.79. The number of halogens is 1. The van der Waals surface area contributed by atoms with Gasteiger partial charge in [-0.2, -0.15) is 5.10 Å². The molecule has 110 valence electrons. The standard InChI is InChI=1S/C13H14ClN5O2/c14-10-5-17-18-12(10)13(21)19-6-8(11(20)7-19)3-9-4-15-1-2-16-9/h1-2,4-5,8,11,20H,3,6-7H2,(H,17,18). The molecule has 3 rings (SSSR count). The molecule has 2 N–H and O–H groups in total. The summed E-state index contributed by atoms with van der Waals surface area (Å²) in [6.07, 6.45) is 6.27. The van der Waals surface area contributed by atoms with Gasteiger partial charge in [-0.05, 0) is 6.42 Å². The van der Waals surface area contributed by atoms with Crippen LogP contribution in [0.2, 0.25) is 5.02 Å². The third kappa shape index (κ3) is 2.88. The van der Waals surface area contributed by atoms with Gasteiger partial charge in [0.2, 0.25) is 0 Å². The molecular formula is C13H14ClN5O2. The minimum absolute atomic E-state index is 0.0626. The molecule has 7 nitrogen and oxygen atoms in total. The predicted octanol–water partition coefficient (Wildman–Crippen LogP) is 0.529. The summed E-state index contributed by atoms with van der Waals surface area (Å²) in [6.45, 7) is 0.727. The molecule has 0 spiro atoms. The van der Waals surface area contributed by atoms with Crippen LogP contribution in [-0.4, -0.2) is 55.3 Å². The molecule has 2 atom stereocenters. The van der Waals surface area contributed by atoms with E-state index >= 15 is 0 Å². The van der Waals surface area contributed by atoms with Crippen LogP contribution in [0.4, 0.5) is 0 Å². The second-order valence-corrected chi connectivity index (χ2v) is 5.44. The van der Waals surface area contributed by atoms with Crippen molar-refractivity contribution in [2.45, 2.75) is 12.5 Å². The SMILES string of the molecule is O=C(c1[nH]ncc1Cl)N1CC(O)C(Cc2cnccn2)C1. The lowest BCUT2D eigenvalue weighted by atomic mass is 10.0. The summed E-state index contributed by atoms with van der Waals surface area (Å²) < 4.78 is 0. The molecule has 0 radical (unpaired) electrons. The summed E-state index contributed by atoms with van der Waals surface area (Å²) in [4.78, 5) is 22.1. The number of likely N-dealkylation sites (tertiary alicyclic amines) is 1. The molecule has 1 amide bonds. The Bertz CT molecular complexity index is 633. The van der Waals surface area contributed by atoms with Crippen LogP contribution in [0.3, 0.4) is 0 Å². The first-order chi connectivity index (χ1) is 10.1. The van der Waals surface area contributed by atoms with Gasteiger partial charge in [0, 0.05) is 37.6 Å². The number of aliphatic hydroxyl groups is 1. The van der Waals surface area contributed by atoms with Crippen molar-refractivity contribution < 1.29 is 9.90 Å². The molecule has 8 heteroatoms. The van der Waals surface area contributed by atoms with E-state index in [1.807, 2.05) is 0 Å². The van der Waals surface area contributed by atoms with Gasteiger partial charge in [-0.15, -0.1) is 0 Å². The summed E-state index contributed by atoms with van der Waals surface area (Å²) in [5.41, 5.74) is 1.06. The number of β-amino-alcohol motifs (C(OH)–C–C–N with tert-alkyl or cyclic N) is 1. The average molecular weight is 308 g/mol. The summed E-state index contributed by atoms with van der Waals surface area (Å²) in [5, 5.41) is 16.7. The quantitative estimate of drug-likeness (QED) is 0.862. The maximum Gasteiger partial charge on any atom is 0.273 e. The molecule has 0 aliphatic carbocycles. The smallest absolute Gasteiger partial charge is 0.273 e. The van der Waals surface area contributed by atoms with Gasteiger partial charge in [-0.25, -0.2) is 0 Å². The maximum absolute atomic E-state index is 12.3. The van der Waals surface area contributed by atoms with Crippen molar-refractivity contribution in [2.24, 2.45) is 5.92 Å². The van der Waals surface area contributed by atoms with Gasteiger partial charge in [0.15, 0.2) is 0 Å². The van der Waals surface area contributed by atoms with Crippen molar-refractivity contribution in [1.29, 1.82) is 0 Å². The van der Waals surface area contributed by atoms with Gasteiger partial charge in [-0.1, -0.05) is 11.6 Å². The zero-order valence-corrected chi connectivity index (χ0v) is 11.9. The number of hydrogen-bond acceptors (Lipinski definition) is 5. The first-order valence-corrected chi connectivity index (χ1v) is 6.94. The molecule has 2 unspecified atom stereocenters. The molecule has 1 saturated heterocycles. The van der Waals surface area contributed by atoms with Crippen LogP contribution in [0.1, 0.15) is 16.2 Å². The molecule has 3 heterocycles. The van der Waals surface area contributed by atoms with E-state index in [0.29, 0.717) is 13.0 Å². The lowest BCUT2D eigenvalue weighted by Crippen LogP contribution is -2.30. The Morgan fingerprint density at radius 2 is 2.29 bits per heavy atom. The summed E-state index contributed by atoms with van der Waals surface area (Å²) in [6, 6.07) is 0. The number of aromatic nitrogens is 4. The number of nitrogens with zero attached hydrogens (tertiary/aromatic N) is 4.